The largest absolute Gasteiger partial charge is 0.355 e. The van der Waals surface area contributed by atoms with E-state index in [1.54, 1.807) is 32.4 Å². The standard InChI is InChI=1S/C16H22N6O3/c1-16(2)14(24)22(15(25)20-16)10-13(23)19-11-3-7-21(8-4-11)12-9-17-5-6-18-12/h5-6,9,11H,3-4,7-8,10H2,1-2H3,(H,19,23)(H,20,25). The maximum atomic E-state index is 12.2. The van der Waals surface area contributed by atoms with Gasteiger partial charge >= 0.3 is 6.03 Å². The molecule has 9 nitrogen and oxygen atoms in total. The summed E-state index contributed by atoms with van der Waals surface area (Å²) in [5, 5.41) is 5.47. The van der Waals surface area contributed by atoms with E-state index in [1.807, 2.05) is 0 Å². The third kappa shape index (κ3) is 3.70. The first-order valence-electron chi connectivity index (χ1n) is 8.31. The van der Waals surface area contributed by atoms with Crippen molar-refractivity contribution in [1.29, 1.82) is 0 Å². The zero-order chi connectivity index (χ0) is 18.0. The Morgan fingerprint density at radius 1 is 1.32 bits per heavy atom. The van der Waals surface area contributed by atoms with E-state index in [2.05, 4.69) is 25.5 Å². The normalized spacial score (nSPS) is 20.6. The van der Waals surface area contributed by atoms with Crippen molar-refractivity contribution in [3.8, 4) is 0 Å². The molecular weight excluding hydrogens is 324 g/mol. The third-order valence-electron chi connectivity index (χ3n) is 4.48. The molecule has 0 aromatic carbocycles. The van der Waals surface area contributed by atoms with Crippen LogP contribution in [0.4, 0.5) is 10.6 Å². The molecule has 0 bridgehead atoms. The number of amides is 4. The molecule has 2 aliphatic heterocycles. The molecule has 0 aliphatic carbocycles. The molecule has 0 radical (unpaired) electrons. The molecule has 1 aromatic heterocycles. The lowest BCUT2D eigenvalue weighted by atomic mass is 10.0. The second kappa shape index (κ2) is 6.66. The van der Waals surface area contributed by atoms with Gasteiger partial charge in [-0.2, -0.15) is 0 Å². The van der Waals surface area contributed by atoms with Gasteiger partial charge in [0, 0.05) is 31.5 Å². The Hall–Kier alpha value is -2.71. The minimum atomic E-state index is -0.959. The first-order chi connectivity index (χ1) is 11.9. The predicted molar refractivity (Wildman–Crippen MR) is 89.7 cm³/mol. The van der Waals surface area contributed by atoms with Gasteiger partial charge in [0.1, 0.15) is 17.9 Å². The second-order valence-electron chi connectivity index (χ2n) is 6.84. The topological polar surface area (TPSA) is 108 Å². The number of piperidine rings is 1. The number of urea groups is 1. The van der Waals surface area contributed by atoms with E-state index in [0.717, 1.165) is 36.6 Å². The summed E-state index contributed by atoms with van der Waals surface area (Å²) < 4.78 is 0. The molecule has 1 aromatic rings. The van der Waals surface area contributed by atoms with Gasteiger partial charge < -0.3 is 15.5 Å². The van der Waals surface area contributed by atoms with Gasteiger partial charge in [-0.05, 0) is 26.7 Å². The molecule has 2 N–H and O–H groups in total. The quantitative estimate of drug-likeness (QED) is 0.737. The number of imide groups is 1. The van der Waals surface area contributed by atoms with Crippen molar-refractivity contribution in [3.63, 3.8) is 0 Å². The number of carbonyl (C=O) groups excluding carboxylic acids is 3. The van der Waals surface area contributed by atoms with Crippen LogP contribution in [0.3, 0.4) is 0 Å². The number of anilines is 1. The van der Waals surface area contributed by atoms with E-state index >= 15 is 0 Å². The highest BCUT2D eigenvalue weighted by Gasteiger charge is 2.44. The van der Waals surface area contributed by atoms with E-state index in [4.69, 9.17) is 0 Å². The van der Waals surface area contributed by atoms with Crippen LogP contribution in [0.15, 0.2) is 18.6 Å². The monoisotopic (exact) mass is 346 g/mol. The summed E-state index contributed by atoms with van der Waals surface area (Å²) >= 11 is 0. The van der Waals surface area contributed by atoms with Crippen molar-refractivity contribution < 1.29 is 14.4 Å². The van der Waals surface area contributed by atoms with Crippen LogP contribution in [0, 0.1) is 0 Å². The van der Waals surface area contributed by atoms with Crippen LogP contribution < -0.4 is 15.5 Å². The summed E-state index contributed by atoms with van der Waals surface area (Å²) in [6.45, 7) is 4.51. The van der Waals surface area contributed by atoms with E-state index in [1.165, 1.54) is 0 Å². The molecule has 9 heteroatoms. The van der Waals surface area contributed by atoms with Gasteiger partial charge in [0.15, 0.2) is 0 Å². The maximum Gasteiger partial charge on any atom is 0.325 e. The maximum absolute atomic E-state index is 12.2. The smallest absolute Gasteiger partial charge is 0.325 e. The lowest BCUT2D eigenvalue weighted by Gasteiger charge is -2.33. The highest BCUT2D eigenvalue weighted by Crippen LogP contribution is 2.18. The van der Waals surface area contributed by atoms with Crippen molar-refractivity contribution in [3.05, 3.63) is 18.6 Å². The zero-order valence-electron chi connectivity index (χ0n) is 14.4. The minimum absolute atomic E-state index is 0.0224. The van der Waals surface area contributed by atoms with Crippen LogP contribution in [-0.4, -0.2) is 63.9 Å². The van der Waals surface area contributed by atoms with Gasteiger partial charge in [-0.3, -0.25) is 19.5 Å². The van der Waals surface area contributed by atoms with Crippen LogP contribution >= 0.6 is 0 Å². The average Bonchev–Trinajstić information content (AvgIpc) is 2.78. The summed E-state index contributed by atoms with van der Waals surface area (Å²) in [5.41, 5.74) is -0.959. The fourth-order valence-electron chi connectivity index (χ4n) is 3.09. The van der Waals surface area contributed by atoms with Gasteiger partial charge in [-0.15, -0.1) is 0 Å². The SMILES string of the molecule is CC1(C)NC(=O)N(CC(=O)NC2CCN(c3cnccn3)CC2)C1=O. The molecule has 2 fully saturated rings. The van der Waals surface area contributed by atoms with Crippen LogP contribution in [0.2, 0.25) is 0 Å². The molecule has 0 unspecified atom stereocenters. The molecule has 0 spiro atoms. The van der Waals surface area contributed by atoms with Gasteiger partial charge in [0.05, 0.1) is 6.20 Å². The van der Waals surface area contributed by atoms with Crippen molar-refractivity contribution in [2.75, 3.05) is 24.5 Å². The Morgan fingerprint density at radius 2 is 2.04 bits per heavy atom. The summed E-state index contributed by atoms with van der Waals surface area (Å²) in [6.07, 6.45) is 6.55. The number of nitrogens with zero attached hydrogens (tertiary/aromatic N) is 4. The minimum Gasteiger partial charge on any atom is -0.355 e. The van der Waals surface area contributed by atoms with Crippen LogP contribution in [0.25, 0.3) is 0 Å². The number of carbonyl (C=O) groups is 3. The number of rotatable bonds is 4. The average molecular weight is 346 g/mol. The van der Waals surface area contributed by atoms with E-state index in [-0.39, 0.29) is 24.4 Å². The van der Waals surface area contributed by atoms with Crippen LogP contribution in [0.1, 0.15) is 26.7 Å². The van der Waals surface area contributed by atoms with E-state index in [9.17, 15) is 14.4 Å². The first-order valence-corrected chi connectivity index (χ1v) is 8.31. The fourth-order valence-corrected chi connectivity index (χ4v) is 3.09. The molecule has 2 aliphatic rings. The summed E-state index contributed by atoms with van der Waals surface area (Å²) in [5.74, 6) is 0.123. The molecule has 3 rings (SSSR count). The lowest BCUT2D eigenvalue weighted by molar-refractivity contribution is -0.134. The molecule has 4 amide bonds. The molecule has 3 heterocycles. The highest BCUT2D eigenvalue weighted by molar-refractivity contribution is 6.08. The summed E-state index contributed by atoms with van der Waals surface area (Å²) in [7, 11) is 0. The van der Waals surface area contributed by atoms with Gasteiger partial charge in [-0.25, -0.2) is 9.78 Å². The molecule has 0 saturated carbocycles. The molecule has 134 valence electrons. The van der Waals surface area contributed by atoms with Crippen molar-refractivity contribution >= 4 is 23.7 Å². The van der Waals surface area contributed by atoms with Gasteiger partial charge in [0.2, 0.25) is 5.91 Å². The summed E-state index contributed by atoms with van der Waals surface area (Å²) in [4.78, 5) is 47.5. The Bertz CT molecular complexity index is 670. The van der Waals surface area contributed by atoms with Gasteiger partial charge in [0.25, 0.3) is 5.91 Å². The molecular formula is C16H22N6O3. The Balaban J connectivity index is 1.48. The zero-order valence-corrected chi connectivity index (χ0v) is 14.4. The Labute approximate surface area is 145 Å². The first kappa shape index (κ1) is 17.1. The molecule has 0 atom stereocenters. The van der Waals surface area contributed by atoms with Crippen molar-refractivity contribution in [2.45, 2.75) is 38.3 Å². The Kier molecular flexibility index (Phi) is 4.56. The number of aromatic nitrogens is 2. The van der Waals surface area contributed by atoms with Crippen LogP contribution in [0.5, 0.6) is 0 Å². The highest BCUT2D eigenvalue weighted by atomic mass is 16.2. The number of hydrogen-bond donors (Lipinski definition) is 2. The van der Waals surface area contributed by atoms with E-state index in [0.29, 0.717) is 0 Å². The third-order valence-corrected chi connectivity index (χ3v) is 4.48. The summed E-state index contributed by atoms with van der Waals surface area (Å²) in [6, 6.07) is -0.503. The van der Waals surface area contributed by atoms with Crippen molar-refractivity contribution in [2.24, 2.45) is 0 Å². The van der Waals surface area contributed by atoms with Crippen LogP contribution in [-0.2, 0) is 9.59 Å². The Morgan fingerprint density at radius 3 is 2.60 bits per heavy atom. The van der Waals surface area contributed by atoms with E-state index < -0.39 is 11.6 Å². The number of hydrogen-bond acceptors (Lipinski definition) is 6. The van der Waals surface area contributed by atoms with Crippen molar-refractivity contribution in [1.82, 2.24) is 25.5 Å². The molecule has 2 saturated heterocycles. The second-order valence-corrected chi connectivity index (χ2v) is 6.84. The lowest BCUT2D eigenvalue weighted by Crippen LogP contribution is -2.49. The fraction of sp³-hybridized carbons (Fsp3) is 0.562. The molecule has 25 heavy (non-hydrogen) atoms. The van der Waals surface area contributed by atoms with Gasteiger partial charge in [-0.1, -0.05) is 0 Å². The predicted octanol–water partition coefficient (Wildman–Crippen LogP) is -0.108. The number of nitrogens with one attached hydrogen (secondary N) is 2.